The van der Waals surface area contributed by atoms with Gasteiger partial charge >= 0.3 is 0 Å². The van der Waals surface area contributed by atoms with Crippen LogP contribution in [0.15, 0.2) is 357 Å². The number of aromatic nitrogens is 5. The predicted octanol–water partition coefficient (Wildman–Crippen LogP) is 36.5. The number of nitrogens with one attached hydrogen (secondary N) is 1. The zero-order valence-corrected chi connectivity index (χ0v) is 87.3. The maximum atomic E-state index is 13.1. The molecule has 720 valence electrons. The number of carbonyl (C=O) groups excluding carboxylic acids is 2. The van der Waals surface area contributed by atoms with Gasteiger partial charge in [0.1, 0.15) is 34.3 Å². The van der Waals surface area contributed by atoms with Gasteiger partial charge in [-0.1, -0.05) is 360 Å². The SMILES string of the molecule is CC(C)Cc1ccc(C(C)C)cc1.CC(C)Cc1nc(-c2ccccc2)c(-c2ccccc2)o1.CC(C)c1ccc(-c2cn3ccccc3n2)cc1.CC(C)c1ccc(C(=O)c2ccccc2)s1.CC(C)c1ccc2c(c1)[nH]c1ccc(Cl)cc12.CC(C)c1cccc(Oc2ccccc2)c1.COc1ccc2c(c1)c(C(C)C)c(C)n2C(=O)c1ccc(Cl)cc1.COc1ccc2cc(C(C)C)ccc2c1. The van der Waals surface area contributed by atoms with Crippen LogP contribution < -0.4 is 14.2 Å². The van der Waals surface area contributed by atoms with Crippen LogP contribution in [0.2, 0.25) is 10.0 Å². The highest BCUT2D eigenvalue weighted by atomic mass is 35.5. The number of fused-ring (bicyclic) bond motifs is 6. The Morgan fingerprint density at radius 1 is 0.400 bits per heavy atom. The molecule has 0 amide bonds. The van der Waals surface area contributed by atoms with Crippen LogP contribution in [-0.4, -0.2) is 49.8 Å². The Balaban J connectivity index is 0.000000144. The highest BCUT2D eigenvalue weighted by molar-refractivity contribution is 7.14. The predicted molar refractivity (Wildman–Crippen MR) is 593 cm³/mol. The number of ketones is 1. The van der Waals surface area contributed by atoms with Crippen LogP contribution in [0.25, 0.3) is 83.0 Å². The Morgan fingerprint density at radius 2 is 0.936 bits per heavy atom. The molecule has 0 saturated heterocycles. The average Bonchev–Trinajstić information content (AvgIpc) is 1.59. The number of carbonyl (C=O) groups is 2. The van der Waals surface area contributed by atoms with Gasteiger partial charge in [-0.05, 0) is 244 Å². The molecule has 0 aliphatic rings. The fraction of sp³-hybridized carbons (Fsp3) is 0.254. The van der Waals surface area contributed by atoms with Gasteiger partial charge in [-0.25, -0.2) is 9.97 Å². The van der Waals surface area contributed by atoms with Gasteiger partial charge in [-0.3, -0.25) is 14.2 Å². The lowest BCUT2D eigenvalue weighted by molar-refractivity contribution is 0.0962. The van der Waals surface area contributed by atoms with E-state index in [9.17, 15) is 9.59 Å². The number of imidazole rings is 1. The Labute approximate surface area is 843 Å². The van der Waals surface area contributed by atoms with Crippen molar-refractivity contribution in [2.24, 2.45) is 11.8 Å². The normalized spacial score (nSPS) is 11.1. The summed E-state index contributed by atoms with van der Waals surface area (Å²) in [6, 6.07) is 114. The van der Waals surface area contributed by atoms with Crippen LogP contribution in [-0.2, 0) is 12.8 Å². The van der Waals surface area contributed by atoms with Gasteiger partial charge in [0.25, 0.3) is 5.91 Å². The van der Waals surface area contributed by atoms with Gasteiger partial charge in [0.2, 0.25) is 5.78 Å². The molecule has 19 rings (SSSR count). The molecule has 19 aromatic rings. The fourth-order valence-electron chi connectivity index (χ4n) is 16.3. The molecule has 14 heteroatoms. The maximum Gasteiger partial charge on any atom is 0.262 e. The summed E-state index contributed by atoms with van der Waals surface area (Å²) in [6.07, 6.45) is 6.14. The van der Waals surface area contributed by atoms with E-state index >= 15 is 0 Å². The first kappa shape index (κ1) is 105. The number of aromatic amines is 1. The van der Waals surface area contributed by atoms with Gasteiger partial charge in [0, 0.05) is 94.4 Å². The minimum absolute atomic E-state index is 0.0498. The second-order valence-electron chi connectivity index (χ2n) is 38.3. The molecule has 13 aromatic carbocycles. The third-order valence-corrected chi connectivity index (χ3v) is 26.0. The van der Waals surface area contributed by atoms with Crippen molar-refractivity contribution in [1.82, 2.24) is 23.9 Å². The molecule has 6 aromatic heterocycles. The molecule has 0 unspecified atom stereocenters. The van der Waals surface area contributed by atoms with E-state index in [1.54, 1.807) is 54.4 Å². The molecule has 0 atom stereocenters. The van der Waals surface area contributed by atoms with E-state index < -0.39 is 0 Å². The summed E-state index contributed by atoms with van der Waals surface area (Å²) >= 11 is 13.6. The number of benzene rings is 13. The topological polar surface area (TPSA) is 126 Å². The molecule has 0 aliphatic carbocycles. The number of halogens is 2. The summed E-state index contributed by atoms with van der Waals surface area (Å²) < 4.78 is 26.2. The number of para-hydroxylation sites is 1. The van der Waals surface area contributed by atoms with E-state index in [0.29, 0.717) is 57.9 Å². The van der Waals surface area contributed by atoms with Crippen molar-refractivity contribution in [3.8, 4) is 56.8 Å². The maximum absolute atomic E-state index is 13.1. The molecular formula is C126H135Cl2N5O6S. The monoisotopic (exact) mass is 1920 g/mol. The molecule has 1 N–H and O–H groups in total. The third-order valence-electron chi connectivity index (χ3n) is 24.1. The number of methoxy groups -OCH3 is 2. The number of ether oxygens (including phenoxy) is 3. The first-order valence-electron chi connectivity index (χ1n) is 48.8. The third kappa shape index (κ3) is 29.0. The van der Waals surface area contributed by atoms with Gasteiger partial charge in [-0.2, -0.15) is 0 Å². The van der Waals surface area contributed by atoms with Crippen molar-refractivity contribution in [2.45, 2.75) is 186 Å². The van der Waals surface area contributed by atoms with E-state index in [2.05, 4.69) is 274 Å². The number of rotatable bonds is 21. The second-order valence-corrected chi connectivity index (χ2v) is 40.2. The number of H-pyrrole nitrogens is 1. The van der Waals surface area contributed by atoms with Crippen LogP contribution in [0.1, 0.15) is 247 Å². The van der Waals surface area contributed by atoms with Gasteiger partial charge in [0.05, 0.1) is 30.3 Å². The minimum Gasteiger partial charge on any atom is -0.497 e. The number of pyridine rings is 1. The highest BCUT2D eigenvalue weighted by Crippen LogP contribution is 2.39. The molecule has 11 nitrogen and oxygen atoms in total. The highest BCUT2D eigenvalue weighted by Gasteiger charge is 2.24. The van der Waals surface area contributed by atoms with Crippen molar-refractivity contribution < 1.29 is 28.2 Å². The summed E-state index contributed by atoms with van der Waals surface area (Å²) in [6.45, 7) is 41.5. The fourth-order valence-corrected chi connectivity index (χ4v) is 17.6. The van der Waals surface area contributed by atoms with Crippen LogP contribution in [0.4, 0.5) is 0 Å². The van der Waals surface area contributed by atoms with Gasteiger partial charge in [-0.15, -0.1) is 11.3 Å². The Bertz CT molecular complexity index is 7060. The molecule has 0 aliphatic heterocycles. The molecule has 0 bridgehead atoms. The van der Waals surface area contributed by atoms with Crippen molar-refractivity contribution in [1.29, 1.82) is 0 Å². The molecular weight excluding hydrogens is 1780 g/mol. The van der Waals surface area contributed by atoms with Gasteiger partial charge in [0.15, 0.2) is 11.7 Å². The minimum atomic E-state index is -0.0498. The summed E-state index contributed by atoms with van der Waals surface area (Å²) in [5, 5.41) is 7.42. The van der Waals surface area contributed by atoms with Gasteiger partial charge < -0.3 is 28.0 Å². The molecule has 0 fully saturated rings. The lowest BCUT2D eigenvalue weighted by atomic mass is 9.98. The zero-order valence-electron chi connectivity index (χ0n) is 85.0. The van der Waals surface area contributed by atoms with Crippen molar-refractivity contribution >= 4 is 95.4 Å². The first-order chi connectivity index (χ1) is 67.3. The number of hydrogen-bond acceptors (Lipinski definition) is 9. The Hall–Kier alpha value is -13.6. The standard InChI is InChI=1S/C20H20ClNO2.C19H19NO.C16H16N2.C15H14ClN.C15H16O.C14H14OS.C14H16O.C13H20/c1-12(2)19-13(3)22(18-10-9-16(24-4)11-17(18)19)20(23)14-5-7-15(21)8-6-14;1-14(2)13-17-20-18(15-9-5-3-6-10-15)19(21-17)16-11-7-4-8-12-16;1-12(2)13-6-8-14(9-7-13)15-11-18-10-4-3-5-16(18)17-15;1-9(2)10-3-5-12-13-8-11(16)4-6-14(13)17-15(12)7-10;1-12(2)13-7-6-10-15(11-13)16-14-8-4-3-5-9-14;1-10(2)12-8-9-13(16-12)14(15)11-6-4-3-5-7-11;1-10(2)11-4-5-13-9-14(15-3)7-6-12(13)8-11;1-10(2)9-12-5-7-13(8-6-12)11(3)4/h5-12H,1-4H3;3-12,14H,13H2,1-2H3;3-12H,1-2H3;3-9,17H,1-2H3;3-12H,1-2H3;3-10H,1-2H3;4-10H,1-3H3;5-8,10-11H,9H2,1-4H3. The summed E-state index contributed by atoms with van der Waals surface area (Å²) in [4.78, 5) is 40.0. The largest absolute Gasteiger partial charge is 0.497 e. The van der Waals surface area contributed by atoms with E-state index in [1.807, 2.05) is 200 Å². The Morgan fingerprint density at radius 3 is 1.53 bits per heavy atom. The molecule has 0 radical (unpaired) electrons. The van der Waals surface area contributed by atoms with Crippen molar-refractivity contribution in [3.63, 3.8) is 0 Å². The van der Waals surface area contributed by atoms with Crippen molar-refractivity contribution in [3.05, 3.63) is 434 Å². The molecule has 0 spiro atoms. The van der Waals surface area contributed by atoms with E-state index in [0.717, 1.165) is 113 Å². The lowest BCUT2D eigenvalue weighted by Gasteiger charge is -2.09. The number of hydrogen-bond donors (Lipinski definition) is 1. The van der Waals surface area contributed by atoms with Crippen molar-refractivity contribution in [2.75, 3.05) is 14.2 Å². The number of nitrogens with zero attached hydrogens (tertiary/aromatic N) is 4. The first-order valence-corrected chi connectivity index (χ1v) is 50.4. The van der Waals surface area contributed by atoms with E-state index in [-0.39, 0.29) is 11.7 Å². The Kier molecular flexibility index (Phi) is 38.2. The molecule has 6 heterocycles. The lowest BCUT2D eigenvalue weighted by Crippen LogP contribution is -2.13. The van der Waals surface area contributed by atoms with Crippen LogP contribution in [0, 0.1) is 18.8 Å². The van der Waals surface area contributed by atoms with E-state index in [4.69, 9.17) is 46.8 Å². The zero-order chi connectivity index (χ0) is 100. The summed E-state index contributed by atoms with van der Waals surface area (Å²) in [5.41, 5.74) is 21.3. The quantitative estimate of drug-likeness (QED) is 0.0705. The smallest absolute Gasteiger partial charge is 0.262 e. The second kappa shape index (κ2) is 50.8. The number of oxazole rings is 1. The number of thiophene rings is 1. The summed E-state index contributed by atoms with van der Waals surface area (Å²) in [7, 11) is 3.35. The molecule has 140 heavy (non-hydrogen) atoms. The van der Waals surface area contributed by atoms with Crippen LogP contribution in [0.3, 0.4) is 0 Å². The van der Waals surface area contributed by atoms with Crippen LogP contribution in [0.5, 0.6) is 23.0 Å². The average molecular weight is 1920 g/mol. The molecule has 0 saturated carbocycles. The summed E-state index contributed by atoms with van der Waals surface area (Å²) in [5.74, 6) is 10.2. The van der Waals surface area contributed by atoms with Crippen LogP contribution >= 0.6 is 34.5 Å². The van der Waals surface area contributed by atoms with E-state index in [1.165, 1.54) is 82.9 Å².